The van der Waals surface area contributed by atoms with E-state index in [1.54, 1.807) is 24.7 Å². The van der Waals surface area contributed by atoms with E-state index in [2.05, 4.69) is 34.0 Å². The molecule has 0 aliphatic rings. The smallest absolute Gasteiger partial charge is 0.233 e. The summed E-state index contributed by atoms with van der Waals surface area (Å²) in [5.41, 5.74) is 0. The highest BCUT2D eigenvalue weighted by Gasteiger charge is 2.23. The van der Waals surface area contributed by atoms with Gasteiger partial charge in [-0.25, -0.2) is 9.97 Å². The van der Waals surface area contributed by atoms with Crippen molar-refractivity contribution in [3.05, 3.63) is 42.6 Å². The third-order valence-electron chi connectivity index (χ3n) is 3.79. The number of aromatic nitrogens is 2. The lowest BCUT2D eigenvalue weighted by atomic mass is 10.2. The van der Waals surface area contributed by atoms with Crippen LogP contribution in [0.2, 0.25) is 0 Å². The van der Waals surface area contributed by atoms with Crippen LogP contribution in [0.25, 0.3) is 0 Å². The van der Waals surface area contributed by atoms with E-state index in [1.165, 1.54) is 11.8 Å². The number of amides is 1. The number of carbonyl (C=O) groups excluding carboxylic acids is 1. The molecule has 6 nitrogen and oxygen atoms in total. The molecule has 0 bridgehead atoms. The maximum atomic E-state index is 12.4. The van der Waals surface area contributed by atoms with Gasteiger partial charge >= 0.3 is 0 Å². The molecule has 2 aromatic heterocycles. The zero-order valence-corrected chi connectivity index (χ0v) is 15.1. The Morgan fingerprint density at radius 1 is 1.29 bits per heavy atom. The zero-order valence-electron chi connectivity index (χ0n) is 14.3. The first-order chi connectivity index (χ1) is 11.7. The Bertz CT molecular complexity index is 602. The minimum atomic E-state index is -0.263. The van der Waals surface area contributed by atoms with Crippen molar-refractivity contribution in [2.24, 2.45) is 0 Å². The minimum Gasteiger partial charge on any atom is -0.468 e. The molecule has 0 aliphatic heterocycles. The van der Waals surface area contributed by atoms with Gasteiger partial charge in [0.15, 0.2) is 5.16 Å². The number of nitrogens with zero attached hydrogens (tertiary/aromatic N) is 3. The maximum Gasteiger partial charge on any atom is 0.233 e. The number of carbonyl (C=O) groups is 1. The van der Waals surface area contributed by atoms with Gasteiger partial charge in [-0.15, -0.1) is 0 Å². The Morgan fingerprint density at radius 2 is 2.00 bits per heavy atom. The summed E-state index contributed by atoms with van der Waals surface area (Å²) in [5.74, 6) is 0.835. The molecule has 2 atom stereocenters. The Labute approximate surface area is 147 Å². The lowest BCUT2D eigenvalue weighted by molar-refractivity contribution is -0.120. The van der Waals surface area contributed by atoms with Crippen LogP contribution in [-0.2, 0) is 4.79 Å². The number of likely N-dealkylation sites (N-methyl/N-ethyl adjacent to an activating group) is 1. The lowest BCUT2D eigenvalue weighted by Gasteiger charge is -2.28. The van der Waals surface area contributed by atoms with E-state index in [-0.39, 0.29) is 17.2 Å². The molecule has 2 heterocycles. The van der Waals surface area contributed by atoms with E-state index < -0.39 is 0 Å². The summed E-state index contributed by atoms with van der Waals surface area (Å²) in [5, 5.41) is 3.36. The molecule has 7 heteroatoms. The van der Waals surface area contributed by atoms with Crippen molar-refractivity contribution in [3.8, 4) is 0 Å². The van der Waals surface area contributed by atoms with Gasteiger partial charge in [0, 0.05) is 18.9 Å². The van der Waals surface area contributed by atoms with E-state index >= 15 is 0 Å². The number of thioether (sulfide) groups is 1. The molecule has 0 radical (unpaired) electrons. The standard InChI is InChI=1S/C17H24N4O2S/c1-4-21(5-2)14(15-8-6-11-23-15)12-20-16(22)13(3)24-17-18-9-7-10-19-17/h6-11,13-14H,4-5,12H2,1-3H3,(H,20,22)/t13-,14+/m0/s1. The number of rotatable bonds is 9. The van der Waals surface area contributed by atoms with Crippen LogP contribution >= 0.6 is 11.8 Å². The van der Waals surface area contributed by atoms with Gasteiger partial charge < -0.3 is 9.73 Å². The van der Waals surface area contributed by atoms with Gasteiger partial charge in [-0.2, -0.15) is 0 Å². The molecule has 0 fully saturated rings. The fraction of sp³-hybridized carbons (Fsp3) is 0.471. The molecular formula is C17H24N4O2S. The largest absolute Gasteiger partial charge is 0.468 e. The summed E-state index contributed by atoms with van der Waals surface area (Å²) < 4.78 is 5.55. The summed E-state index contributed by atoms with van der Waals surface area (Å²) >= 11 is 1.35. The third kappa shape index (κ3) is 5.07. The van der Waals surface area contributed by atoms with E-state index in [1.807, 2.05) is 19.1 Å². The normalized spacial score (nSPS) is 13.7. The van der Waals surface area contributed by atoms with E-state index in [9.17, 15) is 4.79 Å². The summed E-state index contributed by atoms with van der Waals surface area (Å²) in [4.78, 5) is 22.9. The number of hydrogen-bond donors (Lipinski definition) is 1. The maximum absolute atomic E-state index is 12.4. The molecule has 0 spiro atoms. The molecule has 0 saturated heterocycles. The molecule has 2 aromatic rings. The molecule has 130 valence electrons. The van der Waals surface area contributed by atoms with Crippen LogP contribution in [0, 0.1) is 0 Å². The third-order valence-corrected chi connectivity index (χ3v) is 4.78. The second-order valence-corrected chi connectivity index (χ2v) is 6.60. The minimum absolute atomic E-state index is 0.0313. The second-order valence-electron chi connectivity index (χ2n) is 5.29. The number of furan rings is 1. The van der Waals surface area contributed by atoms with Gasteiger partial charge in [0.2, 0.25) is 5.91 Å². The van der Waals surface area contributed by atoms with Gasteiger partial charge in [-0.05, 0) is 38.2 Å². The lowest BCUT2D eigenvalue weighted by Crippen LogP contribution is -2.40. The highest BCUT2D eigenvalue weighted by Crippen LogP contribution is 2.21. The Balaban J connectivity index is 1.94. The van der Waals surface area contributed by atoms with Gasteiger partial charge in [-0.3, -0.25) is 9.69 Å². The summed E-state index contributed by atoms with van der Waals surface area (Å²) in [6, 6.07) is 5.61. The predicted molar refractivity (Wildman–Crippen MR) is 94.7 cm³/mol. The molecule has 0 saturated carbocycles. The van der Waals surface area contributed by atoms with Crippen LogP contribution in [0.1, 0.15) is 32.6 Å². The van der Waals surface area contributed by atoms with Crippen molar-refractivity contribution in [2.75, 3.05) is 19.6 Å². The van der Waals surface area contributed by atoms with Crippen molar-refractivity contribution >= 4 is 17.7 Å². The fourth-order valence-electron chi connectivity index (χ4n) is 2.45. The molecule has 2 rings (SSSR count). The molecule has 1 amide bonds. The Hall–Kier alpha value is -1.86. The quantitative estimate of drug-likeness (QED) is 0.555. The highest BCUT2D eigenvalue weighted by molar-refractivity contribution is 8.00. The van der Waals surface area contributed by atoms with Gasteiger partial charge in [-0.1, -0.05) is 25.6 Å². The first kappa shape index (κ1) is 18.5. The zero-order chi connectivity index (χ0) is 17.4. The first-order valence-electron chi connectivity index (χ1n) is 8.14. The summed E-state index contributed by atoms with van der Waals surface area (Å²) in [6.45, 7) is 8.35. The predicted octanol–water partition coefficient (Wildman–Crippen LogP) is 2.75. The van der Waals surface area contributed by atoms with Gasteiger partial charge in [0.05, 0.1) is 17.6 Å². The summed E-state index contributed by atoms with van der Waals surface area (Å²) in [7, 11) is 0. The van der Waals surface area contributed by atoms with Crippen LogP contribution < -0.4 is 5.32 Å². The number of nitrogens with one attached hydrogen (secondary N) is 1. The van der Waals surface area contributed by atoms with Crippen LogP contribution in [0.4, 0.5) is 0 Å². The SMILES string of the molecule is CCN(CC)[C@H](CNC(=O)[C@H](C)Sc1ncccn1)c1ccco1. The van der Waals surface area contributed by atoms with Gasteiger partial charge in [0.25, 0.3) is 0 Å². The molecular weight excluding hydrogens is 324 g/mol. The second kappa shape index (κ2) is 9.44. The van der Waals surface area contributed by atoms with Crippen LogP contribution in [0.5, 0.6) is 0 Å². The van der Waals surface area contributed by atoms with Crippen molar-refractivity contribution in [1.29, 1.82) is 0 Å². The van der Waals surface area contributed by atoms with E-state index in [0.29, 0.717) is 11.7 Å². The van der Waals surface area contributed by atoms with Crippen molar-refractivity contribution in [2.45, 2.75) is 37.2 Å². The fourth-order valence-corrected chi connectivity index (χ4v) is 3.20. The molecule has 1 N–H and O–H groups in total. The topological polar surface area (TPSA) is 71.3 Å². The van der Waals surface area contributed by atoms with Crippen molar-refractivity contribution < 1.29 is 9.21 Å². The van der Waals surface area contributed by atoms with Gasteiger partial charge in [0.1, 0.15) is 5.76 Å². The van der Waals surface area contributed by atoms with Crippen LogP contribution in [0.15, 0.2) is 46.4 Å². The van der Waals surface area contributed by atoms with Crippen molar-refractivity contribution in [3.63, 3.8) is 0 Å². The molecule has 0 unspecified atom stereocenters. The van der Waals surface area contributed by atoms with E-state index in [4.69, 9.17) is 4.42 Å². The van der Waals surface area contributed by atoms with Crippen LogP contribution in [0.3, 0.4) is 0 Å². The van der Waals surface area contributed by atoms with Crippen molar-refractivity contribution in [1.82, 2.24) is 20.2 Å². The first-order valence-corrected chi connectivity index (χ1v) is 9.02. The van der Waals surface area contributed by atoms with E-state index in [0.717, 1.165) is 18.8 Å². The average Bonchev–Trinajstić information content (AvgIpc) is 3.13. The number of hydrogen-bond acceptors (Lipinski definition) is 6. The molecule has 0 aliphatic carbocycles. The monoisotopic (exact) mass is 348 g/mol. The average molecular weight is 348 g/mol. The van der Waals surface area contributed by atoms with Crippen LogP contribution in [-0.4, -0.2) is 45.7 Å². The summed E-state index contributed by atoms with van der Waals surface area (Å²) in [6.07, 6.45) is 5.01. The Kier molecular flexibility index (Phi) is 7.27. The Morgan fingerprint density at radius 3 is 2.58 bits per heavy atom. The molecule has 24 heavy (non-hydrogen) atoms. The highest BCUT2D eigenvalue weighted by atomic mass is 32.2. The molecule has 0 aromatic carbocycles.